The average Bonchev–Trinajstić information content (AvgIpc) is 2.98. The van der Waals surface area contributed by atoms with E-state index in [9.17, 15) is 13.5 Å². The number of unbranched alkanes of at least 4 members (excludes halogenated alkanes) is 4. The Morgan fingerprint density at radius 1 is 0.930 bits per heavy atom. The molecule has 4 rings (SSSR count). The molecule has 0 fully saturated rings. The lowest BCUT2D eigenvalue weighted by molar-refractivity contribution is -0.180. The Labute approximate surface area is 256 Å². The van der Waals surface area contributed by atoms with E-state index >= 15 is 0 Å². The van der Waals surface area contributed by atoms with Crippen LogP contribution in [0.5, 0.6) is 5.75 Å². The van der Waals surface area contributed by atoms with Gasteiger partial charge in [-0.15, -0.1) is 0 Å². The molecular formula is C34H46N2O6S. The number of hydrogen-bond donors (Lipinski definition) is 3. The van der Waals surface area contributed by atoms with Gasteiger partial charge in [0.2, 0.25) is 15.8 Å². The van der Waals surface area contributed by atoms with Crippen LogP contribution in [-0.4, -0.2) is 45.6 Å². The largest absolute Gasteiger partial charge is 0.463 e. The van der Waals surface area contributed by atoms with Crippen LogP contribution in [0.4, 0.5) is 0 Å². The minimum Gasteiger partial charge on any atom is -0.463 e. The van der Waals surface area contributed by atoms with Gasteiger partial charge in [-0.05, 0) is 85.2 Å². The number of ether oxygens (including phenoxy) is 3. The maximum Gasteiger partial charge on any atom is 0.238 e. The molecule has 0 amide bonds. The van der Waals surface area contributed by atoms with Crippen LogP contribution in [0, 0.1) is 0 Å². The number of aliphatic hydroxyl groups excluding tert-OH is 1. The Balaban J connectivity index is 1.00. The summed E-state index contributed by atoms with van der Waals surface area (Å²) in [7, 11) is -3.68. The number of rotatable bonds is 17. The van der Waals surface area contributed by atoms with Crippen molar-refractivity contribution in [2.24, 2.45) is 5.14 Å². The monoisotopic (exact) mass is 610 g/mol. The average molecular weight is 611 g/mol. The van der Waals surface area contributed by atoms with Gasteiger partial charge in [-0.3, -0.25) is 0 Å². The highest BCUT2D eigenvalue weighted by Crippen LogP contribution is 2.33. The zero-order chi connectivity index (χ0) is 30.7. The maximum absolute atomic E-state index is 11.5. The molecule has 1 heterocycles. The van der Waals surface area contributed by atoms with Crippen molar-refractivity contribution >= 4 is 10.0 Å². The zero-order valence-corrected chi connectivity index (χ0v) is 26.2. The number of fused-ring (bicyclic) bond motifs is 1. The highest BCUT2D eigenvalue weighted by Gasteiger charge is 2.27. The van der Waals surface area contributed by atoms with Crippen LogP contribution < -0.4 is 15.2 Å². The minimum atomic E-state index is -3.68. The normalized spacial score (nSPS) is 15.1. The van der Waals surface area contributed by atoms with E-state index in [1.165, 1.54) is 5.56 Å². The van der Waals surface area contributed by atoms with Crippen LogP contribution >= 0.6 is 0 Å². The summed E-state index contributed by atoms with van der Waals surface area (Å²) in [5.74, 6) is 0.205. The Morgan fingerprint density at radius 3 is 2.44 bits per heavy atom. The second-order valence-electron chi connectivity index (χ2n) is 11.6. The number of nitrogens with one attached hydrogen (secondary N) is 1. The highest BCUT2D eigenvalue weighted by molar-refractivity contribution is 7.89. The van der Waals surface area contributed by atoms with E-state index in [4.69, 9.17) is 19.3 Å². The molecule has 8 nitrogen and oxygen atoms in total. The topological polar surface area (TPSA) is 120 Å². The van der Waals surface area contributed by atoms with Crippen molar-refractivity contribution in [3.05, 3.63) is 83.4 Å². The second kappa shape index (κ2) is 15.8. The summed E-state index contributed by atoms with van der Waals surface area (Å²) in [6.45, 7) is 7.24. The van der Waals surface area contributed by atoms with E-state index < -0.39 is 21.9 Å². The molecular weight excluding hydrogens is 564 g/mol. The van der Waals surface area contributed by atoms with Gasteiger partial charge in [0, 0.05) is 39.2 Å². The van der Waals surface area contributed by atoms with Crippen LogP contribution in [0.1, 0.15) is 75.2 Å². The number of benzene rings is 3. The highest BCUT2D eigenvalue weighted by atomic mass is 32.2. The van der Waals surface area contributed by atoms with E-state index in [-0.39, 0.29) is 4.90 Å². The summed E-state index contributed by atoms with van der Waals surface area (Å²) >= 11 is 0. The van der Waals surface area contributed by atoms with E-state index in [1.807, 2.05) is 44.2 Å². The fraction of sp³-hybridized carbons (Fsp3) is 0.471. The molecule has 3 aromatic rings. The Hall–Kier alpha value is -2.79. The summed E-state index contributed by atoms with van der Waals surface area (Å²) < 4.78 is 40.3. The third-order valence-corrected chi connectivity index (χ3v) is 8.51. The first-order valence-corrected chi connectivity index (χ1v) is 16.8. The quantitative estimate of drug-likeness (QED) is 0.164. The molecule has 0 unspecified atom stereocenters. The smallest absolute Gasteiger partial charge is 0.238 e. The summed E-state index contributed by atoms with van der Waals surface area (Å²) in [5.41, 5.74) is 5.12. The van der Waals surface area contributed by atoms with E-state index in [0.717, 1.165) is 92.7 Å². The number of aliphatic hydroxyl groups is 1. The van der Waals surface area contributed by atoms with Gasteiger partial charge < -0.3 is 24.6 Å². The first kappa shape index (κ1) is 33.1. The molecule has 0 aliphatic carbocycles. The third kappa shape index (κ3) is 10.7. The molecule has 0 saturated carbocycles. The van der Waals surface area contributed by atoms with Crippen molar-refractivity contribution in [1.82, 2.24) is 5.32 Å². The molecule has 234 valence electrons. The molecule has 0 saturated heterocycles. The van der Waals surface area contributed by atoms with E-state index in [2.05, 4.69) is 17.4 Å². The van der Waals surface area contributed by atoms with Crippen molar-refractivity contribution in [2.75, 3.05) is 26.3 Å². The number of hydrogen-bond acceptors (Lipinski definition) is 7. The van der Waals surface area contributed by atoms with Crippen LogP contribution in [-0.2, 0) is 32.5 Å². The van der Waals surface area contributed by atoms with Crippen LogP contribution in [0.3, 0.4) is 0 Å². The lowest BCUT2D eigenvalue weighted by Crippen LogP contribution is -2.35. The van der Waals surface area contributed by atoms with Crippen LogP contribution in [0.2, 0.25) is 0 Å². The molecule has 0 radical (unpaired) electrons. The molecule has 0 spiro atoms. The summed E-state index contributed by atoms with van der Waals surface area (Å²) in [6, 6.07) is 20.8. The molecule has 1 atom stereocenters. The SMILES string of the molecule is CC1(C)OCc2cc([C@@H](O)CNCCCCCCOCCCCc3cccc(-c4ccc(S(N)(=O)=O)cc4)c3)ccc2O1. The lowest BCUT2D eigenvalue weighted by Gasteiger charge is -2.33. The van der Waals surface area contributed by atoms with E-state index in [0.29, 0.717) is 13.2 Å². The predicted molar refractivity (Wildman–Crippen MR) is 169 cm³/mol. The molecule has 0 bridgehead atoms. The van der Waals surface area contributed by atoms with Gasteiger partial charge in [0.25, 0.3) is 0 Å². The van der Waals surface area contributed by atoms with Crippen LogP contribution in [0.15, 0.2) is 71.6 Å². The molecule has 0 aromatic heterocycles. The molecule has 9 heteroatoms. The maximum atomic E-state index is 11.5. The fourth-order valence-corrected chi connectivity index (χ4v) is 5.62. The Bertz CT molecular complexity index is 1410. The minimum absolute atomic E-state index is 0.120. The first-order chi connectivity index (χ1) is 20.6. The van der Waals surface area contributed by atoms with Crippen molar-refractivity contribution in [1.29, 1.82) is 0 Å². The molecule has 4 N–H and O–H groups in total. The number of aryl methyl sites for hydroxylation is 1. The summed E-state index contributed by atoms with van der Waals surface area (Å²) in [6.07, 6.45) is 6.89. The third-order valence-electron chi connectivity index (χ3n) is 7.58. The van der Waals surface area contributed by atoms with Crippen molar-refractivity contribution in [3.63, 3.8) is 0 Å². The zero-order valence-electron chi connectivity index (χ0n) is 25.4. The predicted octanol–water partition coefficient (Wildman–Crippen LogP) is 5.87. The van der Waals surface area contributed by atoms with E-state index in [1.54, 1.807) is 24.3 Å². The van der Waals surface area contributed by atoms with Crippen molar-refractivity contribution < 1.29 is 27.7 Å². The van der Waals surface area contributed by atoms with Gasteiger partial charge in [0.15, 0.2) is 0 Å². The lowest BCUT2D eigenvalue weighted by atomic mass is 10.0. The van der Waals surface area contributed by atoms with Crippen molar-refractivity contribution in [3.8, 4) is 16.9 Å². The molecule has 43 heavy (non-hydrogen) atoms. The standard InChI is InChI=1S/C34H46N2O6S/c1-34(2)41-25-30-23-29(15-18-33(30)42-34)32(37)24-36-19-6-3-4-7-20-40-21-8-5-10-26-11-9-12-28(22-26)27-13-16-31(17-14-27)43(35,38)39/h9,11-18,22-23,32,36-37H,3-8,10,19-21,24-25H2,1-2H3,(H2,35,38,39)/t32-/m0/s1. The Kier molecular flexibility index (Phi) is 12.2. The molecule has 1 aliphatic rings. The number of nitrogens with two attached hydrogens (primary N) is 1. The second-order valence-corrected chi connectivity index (χ2v) is 13.2. The summed E-state index contributed by atoms with van der Waals surface area (Å²) in [5, 5.41) is 19.1. The number of primary sulfonamides is 1. The molecule has 1 aliphatic heterocycles. The van der Waals surface area contributed by atoms with Crippen LogP contribution in [0.25, 0.3) is 11.1 Å². The van der Waals surface area contributed by atoms with Gasteiger partial charge >= 0.3 is 0 Å². The number of sulfonamides is 1. The van der Waals surface area contributed by atoms with Gasteiger partial charge in [-0.2, -0.15) is 0 Å². The fourth-order valence-electron chi connectivity index (χ4n) is 5.11. The molecule has 3 aromatic carbocycles. The van der Waals surface area contributed by atoms with Gasteiger partial charge in [0.1, 0.15) is 5.75 Å². The van der Waals surface area contributed by atoms with Gasteiger partial charge in [-0.1, -0.05) is 55.3 Å². The first-order valence-electron chi connectivity index (χ1n) is 15.3. The van der Waals surface area contributed by atoms with Gasteiger partial charge in [0.05, 0.1) is 17.6 Å². The van der Waals surface area contributed by atoms with Crippen molar-refractivity contribution in [2.45, 2.75) is 82.2 Å². The van der Waals surface area contributed by atoms with Gasteiger partial charge in [-0.25, -0.2) is 13.6 Å². The summed E-state index contributed by atoms with van der Waals surface area (Å²) in [4.78, 5) is 0.120. The Morgan fingerprint density at radius 2 is 1.67 bits per heavy atom.